The van der Waals surface area contributed by atoms with Crippen molar-refractivity contribution in [2.75, 3.05) is 29.5 Å². The lowest BCUT2D eigenvalue weighted by Gasteiger charge is -2.23. The van der Waals surface area contributed by atoms with Crippen molar-refractivity contribution < 1.29 is 8.42 Å². The maximum atomic E-state index is 11.6. The van der Waals surface area contributed by atoms with Crippen molar-refractivity contribution in [3.63, 3.8) is 0 Å². The van der Waals surface area contributed by atoms with E-state index in [4.69, 9.17) is 0 Å². The Morgan fingerprint density at radius 3 is 2.74 bits per heavy atom. The molecule has 1 aromatic heterocycles. The van der Waals surface area contributed by atoms with Crippen LogP contribution in [0.3, 0.4) is 0 Å². The highest BCUT2D eigenvalue weighted by molar-refractivity contribution is 7.91. The molecule has 6 heteroatoms. The minimum Gasteiger partial charge on any atom is -0.354 e. The van der Waals surface area contributed by atoms with E-state index in [0.717, 1.165) is 11.3 Å². The van der Waals surface area contributed by atoms with Crippen molar-refractivity contribution in [1.29, 1.82) is 5.26 Å². The van der Waals surface area contributed by atoms with Crippen LogP contribution >= 0.6 is 0 Å². The number of rotatable bonds is 1. The maximum Gasteiger partial charge on any atom is 0.152 e. The zero-order valence-corrected chi connectivity index (χ0v) is 12.0. The van der Waals surface area contributed by atoms with Crippen LogP contribution in [0, 0.1) is 25.2 Å². The monoisotopic (exact) mass is 279 g/mol. The van der Waals surface area contributed by atoms with Gasteiger partial charge in [0.05, 0.1) is 17.1 Å². The smallest absolute Gasteiger partial charge is 0.152 e. The molecule has 1 aliphatic rings. The van der Waals surface area contributed by atoms with Crippen LogP contribution in [0.4, 0.5) is 5.82 Å². The van der Waals surface area contributed by atoms with Crippen LogP contribution in [0.5, 0.6) is 0 Å². The van der Waals surface area contributed by atoms with Gasteiger partial charge in [0.1, 0.15) is 11.9 Å². The Kier molecular flexibility index (Phi) is 3.76. The van der Waals surface area contributed by atoms with Crippen molar-refractivity contribution in [1.82, 2.24) is 4.98 Å². The molecular weight excluding hydrogens is 262 g/mol. The largest absolute Gasteiger partial charge is 0.354 e. The molecule has 0 amide bonds. The predicted molar refractivity (Wildman–Crippen MR) is 73.9 cm³/mol. The average Bonchev–Trinajstić information content (AvgIpc) is 2.49. The molecular formula is C13H17N3O2S. The number of aryl methyl sites for hydroxylation is 2. The summed E-state index contributed by atoms with van der Waals surface area (Å²) in [5, 5.41) is 9.26. The molecule has 2 rings (SSSR count). The Morgan fingerprint density at radius 1 is 1.32 bits per heavy atom. The summed E-state index contributed by atoms with van der Waals surface area (Å²) >= 11 is 0. The van der Waals surface area contributed by atoms with E-state index in [1.165, 1.54) is 0 Å². The zero-order valence-electron chi connectivity index (χ0n) is 11.2. The van der Waals surface area contributed by atoms with Crippen LogP contribution in [-0.2, 0) is 9.84 Å². The summed E-state index contributed by atoms with van der Waals surface area (Å²) in [6, 6.07) is 4.05. The maximum absolute atomic E-state index is 11.6. The van der Waals surface area contributed by atoms with E-state index in [2.05, 4.69) is 11.1 Å². The van der Waals surface area contributed by atoms with Gasteiger partial charge in [-0.3, -0.25) is 0 Å². The van der Waals surface area contributed by atoms with Gasteiger partial charge in [-0.25, -0.2) is 13.4 Å². The summed E-state index contributed by atoms with van der Waals surface area (Å²) in [5.41, 5.74) is 2.28. The van der Waals surface area contributed by atoms with Crippen molar-refractivity contribution >= 4 is 15.7 Å². The van der Waals surface area contributed by atoms with E-state index in [1.54, 1.807) is 0 Å². The van der Waals surface area contributed by atoms with Gasteiger partial charge in [0.25, 0.3) is 0 Å². The number of nitrogens with zero attached hydrogens (tertiary/aromatic N) is 3. The first-order valence-electron chi connectivity index (χ1n) is 6.26. The van der Waals surface area contributed by atoms with Crippen molar-refractivity contribution in [3.8, 4) is 6.07 Å². The summed E-state index contributed by atoms with van der Waals surface area (Å²) < 4.78 is 23.2. The number of sulfone groups is 1. The standard InChI is InChI=1S/C13H17N3O2S/c1-10-8-11(2)15-13(12(10)9-14)16-4-3-6-19(17,18)7-5-16/h8H,3-7H2,1-2H3. The normalized spacial score (nSPS) is 18.7. The summed E-state index contributed by atoms with van der Waals surface area (Å²) in [4.78, 5) is 6.35. The highest BCUT2D eigenvalue weighted by Gasteiger charge is 2.22. The molecule has 0 aliphatic carbocycles. The third kappa shape index (κ3) is 3.04. The van der Waals surface area contributed by atoms with E-state index in [-0.39, 0.29) is 11.5 Å². The van der Waals surface area contributed by atoms with Crippen LogP contribution in [0.2, 0.25) is 0 Å². The fourth-order valence-electron chi connectivity index (χ4n) is 2.33. The number of anilines is 1. The molecule has 19 heavy (non-hydrogen) atoms. The molecule has 0 bridgehead atoms. The van der Waals surface area contributed by atoms with Crippen molar-refractivity contribution in [2.45, 2.75) is 20.3 Å². The van der Waals surface area contributed by atoms with Gasteiger partial charge in [0.2, 0.25) is 0 Å². The first kappa shape index (κ1) is 13.8. The molecule has 1 saturated heterocycles. The van der Waals surface area contributed by atoms with Crippen molar-refractivity contribution in [2.24, 2.45) is 0 Å². The summed E-state index contributed by atoms with van der Waals surface area (Å²) in [5.74, 6) is 0.972. The molecule has 0 spiro atoms. The quantitative estimate of drug-likeness (QED) is 0.772. The van der Waals surface area contributed by atoms with Gasteiger partial charge in [0, 0.05) is 18.8 Å². The van der Waals surface area contributed by atoms with Gasteiger partial charge in [-0.1, -0.05) is 0 Å². The van der Waals surface area contributed by atoms with Crippen LogP contribution in [0.15, 0.2) is 6.07 Å². The Labute approximate surface area is 113 Å². The number of hydrogen-bond donors (Lipinski definition) is 0. The lowest BCUT2D eigenvalue weighted by Crippen LogP contribution is -2.28. The molecule has 5 nitrogen and oxygen atoms in total. The molecule has 0 atom stereocenters. The summed E-state index contributed by atoms with van der Waals surface area (Å²) in [6.07, 6.45) is 0.585. The SMILES string of the molecule is Cc1cc(C)c(C#N)c(N2CCCS(=O)(=O)CC2)n1. The number of hydrogen-bond acceptors (Lipinski definition) is 5. The van der Waals surface area contributed by atoms with Crippen molar-refractivity contribution in [3.05, 3.63) is 22.9 Å². The van der Waals surface area contributed by atoms with E-state index in [9.17, 15) is 13.7 Å². The molecule has 0 saturated carbocycles. The molecule has 0 unspecified atom stereocenters. The van der Waals surface area contributed by atoms with Gasteiger partial charge in [-0.15, -0.1) is 0 Å². The van der Waals surface area contributed by atoms with Gasteiger partial charge in [-0.2, -0.15) is 5.26 Å². The first-order valence-corrected chi connectivity index (χ1v) is 8.09. The van der Waals surface area contributed by atoms with Crippen LogP contribution in [-0.4, -0.2) is 38.0 Å². The Hall–Kier alpha value is -1.61. The first-order chi connectivity index (χ1) is 8.93. The number of aromatic nitrogens is 1. The van der Waals surface area contributed by atoms with E-state index in [0.29, 0.717) is 30.9 Å². The molecule has 2 heterocycles. The summed E-state index contributed by atoms with van der Waals surface area (Å²) in [7, 11) is -2.95. The average molecular weight is 279 g/mol. The topological polar surface area (TPSA) is 74.1 Å². The fraction of sp³-hybridized carbons (Fsp3) is 0.538. The molecule has 0 N–H and O–H groups in total. The van der Waals surface area contributed by atoms with E-state index < -0.39 is 9.84 Å². The molecule has 0 aromatic carbocycles. The second-order valence-corrected chi connectivity index (χ2v) is 7.19. The van der Waals surface area contributed by atoms with Gasteiger partial charge in [-0.05, 0) is 31.9 Å². The number of pyridine rings is 1. The second-order valence-electron chi connectivity index (χ2n) is 4.88. The Balaban J connectivity index is 2.39. The lowest BCUT2D eigenvalue weighted by molar-refractivity contribution is 0.597. The Morgan fingerprint density at radius 2 is 2.05 bits per heavy atom. The highest BCUT2D eigenvalue weighted by atomic mass is 32.2. The lowest BCUT2D eigenvalue weighted by atomic mass is 10.1. The molecule has 102 valence electrons. The third-order valence-electron chi connectivity index (χ3n) is 3.29. The van der Waals surface area contributed by atoms with E-state index >= 15 is 0 Å². The predicted octanol–water partition coefficient (Wildman–Crippen LogP) is 1.20. The van der Waals surface area contributed by atoms with Crippen LogP contribution in [0.25, 0.3) is 0 Å². The molecule has 1 aliphatic heterocycles. The minimum absolute atomic E-state index is 0.131. The second kappa shape index (κ2) is 5.17. The highest BCUT2D eigenvalue weighted by Crippen LogP contribution is 2.23. The zero-order chi connectivity index (χ0) is 14.0. The van der Waals surface area contributed by atoms with Crippen LogP contribution < -0.4 is 4.90 Å². The summed E-state index contributed by atoms with van der Waals surface area (Å²) in [6.45, 7) is 4.80. The third-order valence-corrected chi connectivity index (χ3v) is 5.01. The van der Waals surface area contributed by atoms with Crippen LogP contribution in [0.1, 0.15) is 23.2 Å². The van der Waals surface area contributed by atoms with Gasteiger partial charge >= 0.3 is 0 Å². The number of nitriles is 1. The Bertz CT molecular complexity index is 632. The molecule has 1 fully saturated rings. The fourth-order valence-corrected chi connectivity index (χ4v) is 3.61. The van der Waals surface area contributed by atoms with E-state index in [1.807, 2.05) is 24.8 Å². The van der Waals surface area contributed by atoms with Gasteiger partial charge in [0.15, 0.2) is 9.84 Å². The minimum atomic E-state index is -2.95. The molecule has 1 aromatic rings. The van der Waals surface area contributed by atoms with Gasteiger partial charge < -0.3 is 4.90 Å². The molecule has 0 radical (unpaired) electrons.